The number of allylic oxidation sites excluding steroid dienone is 1. The third-order valence-electron chi connectivity index (χ3n) is 1.10. The Hall–Kier alpha value is -0.790. The van der Waals surface area contributed by atoms with E-state index in [0.29, 0.717) is 0 Å². The zero-order valence-electron chi connectivity index (χ0n) is 7.23. The molecule has 0 radical (unpaired) electrons. The monoisotopic (exact) mass is 140 g/mol. The Morgan fingerprint density at radius 3 is 2.30 bits per heavy atom. The molecule has 0 fully saturated rings. The molecule has 0 saturated heterocycles. The summed E-state index contributed by atoms with van der Waals surface area (Å²) in [7, 11) is 0. The Morgan fingerprint density at radius 2 is 2.00 bits per heavy atom. The van der Waals surface area contributed by atoms with E-state index in [0.717, 1.165) is 18.0 Å². The van der Waals surface area contributed by atoms with Crippen LogP contribution in [0.25, 0.3) is 0 Å². The van der Waals surface area contributed by atoms with Crippen molar-refractivity contribution in [1.82, 2.24) is 5.32 Å². The predicted octanol–water partition coefficient (Wildman–Crippen LogP) is 1.94. The molecule has 1 N–H and O–H groups in total. The van der Waals surface area contributed by atoms with Crippen LogP contribution in [0.2, 0.25) is 0 Å². The van der Waals surface area contributed by atoms with Crippen LogP contribution in [0.1, 0.15) is 27.7 Å². The van der Waals surface area contributed by atoms with Gasteiger partial charge in [-0.05, 0) is 13.8 Å². The van der Waals surface area contributed by atoms with Crippen molar-refractivity contribution in [3.05, 3.63) is 11.9 Å². The SMILES string of the molecule is CC.CC1=CN=C(C)CN1. The Labute approximate surface area is 63.0 Å². The maximum Gasteiger partial charge on any atom is 0.0528 e. The van der Waals surface area contributed by atoms with E-state index in [1.54, 1.807) is 0 Å². The first-order valence-corrected chi connectivity index (χ1v) is 3.73. The third kappa shape index (κ3) is 3.28. The minimum absolute atomic E-state index is 0.905. The van der Waals surface area contributed by atoms with Gasteiger partial charge in [0.05, 0.1) is 6.54 Å². The predicted molar refractivity (Wildman–Crippen MR) is 46.2 cm³/mol. The van der Waals surface area contributed by atoms with Crippen LogP contribution in [0.3, 0.4) is 0 Å². The van der Waals surface area contributed by atoms with Gasteiger partial charge in [0.2, 0.25) is 0 Å². The lowest BCUT2D eigenvalue weighted by Gasteiger charge is -2.08. The molecule has 0 aliphatic carbocycles. The standard InChI is InChI=1S/C6H10N2.C2H6/c1-5-3-8-6(2)4-7-5;1-2/h3,7H,4H2,1-2H3;1-2H3. The average molecular weight is 140 g/mol. The molecule has 0 spiro atoms. The fourth-order valence-electron chi connectivity index (χ4n) is 0.566. The normalized spacial score (nSPS) is 15.6. The largest absolute Gasteiger partial charge is 0.382 e. The molecular weight excluding hydrogens is 124 g/mol. The van der Waals surface area contributed by atoms with E-state index in [2.05, 4.69) is 10.3 Å². The molecule has 2 nitrogen and oxygen atoms in total. The summed E-state index contributed by atoms with van der Waals surface area (Å²) in [6.45, 7) is 8.92. The Balaban J connectivity index is 0.000000371. The molecule has 58 valence electrons. The van der Waals surface area contributed by atoms with Gasteiger partial charge in [0.1, 0.15) is 0 Å². The summed E-state index contributed by atoms with van der Waals surface area (Å²) in [6.07, 6.45) is 1.85. The molecule has 0 unspecified atom stereocenters. The quantitative estimate of drug-likeness (QED) is 0.546. The molecule has 1 heterocycles. The number of aliphatic imine (C=N–C) groups is 1. The van der Waals surface area contributed by atoms with Gasteiger partial charge in [-0.2, -0.15) is 0 Å². The van der Waals surface area contributed by atoms with Gasteiger partial charge in [-0.3, -0.25) is 4.99 Å². The van der Waals surface area contributed by atoms with Crippen molar-refractivity contribution in [2.75, 3.05) is 6.54 Å². The van der Waals surface area contributed by atoms with Gasteiger partial charge in [0, 0.05) is 17.6 Å². The molecule has 0 bridgehead atoms. The van der Waals surface area contributed by atoms with Crippen molar-refractivity contribution in [2.24, 2.45) is 4.99 Å². The zero-order valence-corrected chi connectivity index (χ0v) is 7.23. The van der Waals surface area contributed by atoms with Crippen molar-refractivity contribution in [3.63, 3.8) is 0 Å². The van der Waals surface area contributed by atoms with Gasteiger partial charge in [0.25, 0.3) is 0 Å². The van der Waals surface area contributed by atoms with Gasteiger partial charge < -0.3 is 5.32 Å². The first-order chi connectivity index (χ1) is 4.79. The lowest BCUT2D eigenvalue weighted by molar-refractivity contribution is 0.898. The van der Waals surface area contributed by atoms with Crippen molar-refractivity contribution >= 4 is 5.71 Å². The van der Waals surface area contributed by atoms with E-state index in [1.807, 2.05) is 33.9 Å². The fraction of sp³-hybridized carbons (Fsp3) is 0.625. The van der Waals surface area contributed by atoms with Crippen LogP contribution in [0.5, 0.6) is 0 Å². The molecule has 1 aliphatic heterocycles. The van der Waals surface area contributed by atoms with Crippen LogP contribution in [-0.2, 0) is 0 Å². The molecule has 0 atom stereocenters. The Bertz CT molecular complexity index is 127. The van der Waals surface area contributed by atoms with Crippen LogP contribution in [-0.4, -0.2) is 12.3 Å². The van der Waals surface area contributed by atoms with Crippen molar-refractivity contribution in [1.29, 1.82) is 0 Å². The molecule has 1 rings (SSSR count). The fourth-order valence-corrected chi connectivity index (χ4v) is 0.566. The number of rotatable bonds is 0. The minimum atomic E-state index is 0.905. The van der Waals surface area contributed by atoms with E-state index in [-0.39, 0.29) is 0 Å². The Morgan fingerprint density at radius 1 is 1.40 bits per heavy atom. The van der Waals surface area contributed by atoms with Gasteiger partial charge in [-0.1, -0.05) is 13.8 Å². The zero-order chi connectivity index (χ0) is 7.98. The molecule has 10 heavy (non-hydrogen) atoms. The minimum Gasteiger partial charge on any atom is -0.382 e. The van der Waals surface area contributed by atoms with Crippen LogP contribution < -0.4 is 5.32 Å². The van der Waals surface area contributed by atoms with Crippen LogP contribution in [0, 0.1) is 0 Å². The topological polar surface area (TPSA) is 24.4 Å². The maximum atomic E-state index is 4.10. The highest BCUT2D eigenvalue weighted by Gasteiger charge is 1.94. The second kappa shape index (κ2) is 5.03. The molecular formula is C8H16N2. The van der Waals surface area contributed by atoms with Crippen LogP contribution >= 0.6 is 0 Å². The van der Waals surface area contributed by atoms with E-state index >= 15 is 0 Å². The maximum absolute atomic E-state index is 4.10. The van der Waals surface area contributed by atoms with Crippen molar-refractivity contribution in [2.45, 2.75) is 27.7 Å². The summed E-state index contributed by atoms with van der Waals surface area (Å²) in [6, 6.07) is 0. The van der Waals surface area contributed by atoms with E-state index in [4.69, 9.17) is 0 Å². The Kier molecular flexibility index (Phi) is 4.63. The summed E-state index contributed by atoms with van der Waals surface area (Å²) in [5.41, 5.74) is 2.30. The highest BCUT2D eigenvalue weighted by molar-refractivity contribution is 5.85. The second-order valence-electron chi connectivity index (χ2n) is 2.03. The molecule has 0 aromatic heterocycles. The van der Waals surface area contributed by atoms with Gasteiger partial charge >= 0.3 is 0 Å². The van der Waals surface area contributed by atoms with Crippen molar-refractivity contribution < 1.29 is 0 Å². The first kappa shape index (κ1) is 9.21. The number of nitrogens with one attached hydrogen (secondary N) is 1. The van der Waals surface area contributed by atoms with E-state index in [9.17, 15) is 0 Å². The summed E-state index contributed by atoms with van der Waals surface area (Å²) < 4.78 is 0. The highest BCUT2D eigenvalue weighted by Crippen LogP contribution is 1.93. The second-order valence-corrected chi connectivity index (χ2v) is 2.03. The lowest BCUT2D eigenvalue weighted by atomic mass is 10.3. The van der Waals surface area contributed by atoms with E-state index < -0.39 is 0 Å². The third-order valence-corrected chi connectivity index (χ3v) is 1.10. The average Bonchev–Trinajstić information content (AvgIpc) is 2.00. The molecule has 0 saturated carbocycles. The molecule has 2 heteroatoms. The number of nitrogens with zero attached hydrogens (tertiary/aromatic N) is 1. The molecule has 0 aromatic carbocycles. The summed E-state index contributed by atoms with van der Waals surface area (Å²) >= 11 is 0. The van der Waals surface area contributed by atoms with Crippen LogP contribution in [0.15, 0.2) is 16.9 Å². The number of hydrogen-bond donors (Lipinski definition) is 1. The lowest BCUT2D eigenvalue weighted by Crippen LogP contribution is -2.21. The van der Waals surface area contributed by atoms with E-state index in [1.165, 1.54) is 0 Å². The van der Waals surface area contributed by atoms with Crippen molar-refractivity contribution in [3.8, 4) is 0 Å². The van der Waals surface area contributed by atoms with Gasteiger partial charge in [-0.15, -0.1) is 0 Å². The van der Waals surface area contributed by atoms with Crippen LogP contribution in [0.4, 0.5) is 0 Å². The number of hydrogen-bond acceptors (Lipinski definition) is 2. The van der Waals surface area contributed by atoms with Gasteiger partial charge in [0.15, 0.2) is 0 Å². The first-order valence-electron chi connectivity index (χ1n) is 3.73. The smallest absolute Gasteiger partial charge is 0.0528 e. The summed E-state index contributed by atoms with van der Waals surface area (Å²) in [4.78, 5) is 4.10. The summed E-state index contributed by atoms with van der Waals surface area (Å²) in [5, 5.41) is 3.16. The summed E-state index contributed by atoms with van der Waals surface area (Å²) in [5.74, 6) is 0. The highest BCUT2D eigenvalue weighted by atomic mass is 14.9. The molecule has 1 aliphatic rings. The molecule has 0 aromatic rings. The van der Waals surface area contributed by atoms with Gasteiger partial charge in [-0.25, -0.2) is 0 Å². The molecule has 0 amide bonds.